The molecule has 1 fully saturated rings. The van der Waals surface area contributed by atoms with Crippen molar-refractivity contribution in [3.63, 3.8) is 0 Å². The monoisotopic (exact) mass is 288 g/mol. The normalized spacial score (nSPS) is 18.5. The number of hydrogen-bond acceptors (Lipinski definition) is 5. The average Bonchev–Trinajstić information content (AvgIpc) is 2.55. The Balaban J connectivity index is 1.97. The van der Waals surface area contributed by atoms with Gasteiger partial charge in [-0.25, -0.2) is 4.98 Å². The molecule has 3 rings (SSSR count). The second-order valence-electron chi connectivity index (χ2n) is 5.15. The lowest BCUT2D eigenvalue weighted by molar-refractivity contribution is 0.0875. The van der Waals surface area contributed by atoms with Crippen LogP contribution >= 0.6 is 0 Å². The number of aromatic nitrogens is 1. The molecular formula is C16H20N2O3. The number of anilines is 1. The molecule has 5 heteroatoms. The summed E-state index contributed by atoms with van der Waals surface area (Å²) in [5, 5.41) is 5.58. The lowest BCUT2D eigenvalue weighted by atomic mass is 10.1. The van der Waals surface area contributed by atoms with E-state index < -0.39 is 0 Å². The van der Waals surface area contributed by atoms with Crippen LogP contribution in [0, 0.1) is 0 Å². The van der Waals surface area contributed by atoms with Crippen LogP contribution in [0.25, 0.3) is 10.8 Å². The topological polar surface area (TPSA) is 52.6 Å². The molecule has 1 saturated heterocycles. The molecule has 1 atom stereocenters. The fourth-order valence-electron chi connectivity index (χ4n) is 2.66. The highest BCUT2D eigenvalue weighted by molar-refractivity contribution is 5.94. The molecule has 0 saturated carbocycles. The standard InChI is InChI=1S/C16H20N2O3/c1-19-14-8-11-5-6-17-16(13(11)9-15(14)20-2)18-12-4-3-7-21-10-12/h5-6,8-9,12H,3-4,7,10H2,1-2H3,(H,17,18). The van der Waals surface area contributed by atoms with Gasteiger partial charge in [-0.1, -0.05) is 0 Å². The first-order valence-electron chi connectivity index (χ1n) is 7.17. The fourth-order valence-corrected chi connectivity index (χ4v) is 2.66. The van der Waals surface area contributed by atoms with Crippen LogP contribution in [0.3, 0.4) is 0 Å². The number of ether oxygens (including phenoxy) is 3. The van der Waals surface area contributed by atoms with Crippen LogP contribution in [0.15, 0.2) is 24.4 Å². The maximum absolute atomic E-state index is 5.51. The van der Waals surface area contributed by atoms with Crippen molar-refractivity contribution in [3.05, 3.63) is 24.4 Å². The van der Waals surface area contributed by atoms with Gasteiger partial charge in [0.1, 0.15) is 5.82 Å². The van der Waals surface area contributed by atoms with Gasteiger partial charge >= 0.3 is 0 Å². The molecule has 1 N–H and O–H groups in total. The Morgan fingerprint density at radius 1 is 1.24 bits per heavy atom. The molecule has 2 heterocycles. The Bertz CT molecular complexity index is 624. The summed E-state index contributed by atoms with van der Waals surface area (Å²) in [6, 6.07) is 6.22. The van der Waals surface area contributed by atoms with Gasteiger partial charge in [-0.05, 0) is 36.4 Å². The van der Waals surface area contributed by atoms with Crippen molar-refractivity contribution in [1.29, 1.82) is 0 Å². The van der Waals surface area contributed by atoms with E-state index in [1.54, 1.807) is 20.4 Å². The van der Waals surface area contributed by atoms with Crippen LogP contribution in [-0.4, -0.2) is 38.5 Å². The van der Waals surface area contributed by atoms with Gasteiger partial charge < -0.3 is 19.5 Å². The highest BCUT2D eigenvalue weighted by atomic mass is 16.5. The Morgan fingerprint density at radius 3 is 2.76 bits per heavy atom. The van der Waals surface area contributed by atoms with Gasteiger partial charge in [0.15, 0.2) is 11.5 Å². The molecule has 0 aliphatic carbocycles. The zero-order valence-electron chi connectivity index (χ0n) is 12.4. The van der Waals surface area contributed by atoms with Gasteiger partial charge in [0.25, 0.3) is 0 Å². The Labute approximate surface area is 124 Å². The van der Waals surface area contributed by atoms with E-state index in [0.29, 0.717) is 11.8 Å². The molecule has 1 aliphatic heterocycles. The van der Waals surface area contributed by atoms with Crippen LogP contribution in [0.4, 0.5) is 5.82 Å². The largest absolute Gasteiger partial charge is 0.493 e. The number of pyridine rings is 1. The van der Waals surface area contributed by atoms with E-state index >= 15 is 0 Å². The molecule has 2 aromatic rings. The molecule has 0 radical (unpaired) electrons. The van der Waals surface area contributed by atoms with Crippen molar-refractivity contribution in [2.45, 2.75) is 18.9 Å². The summed E-state index contributed by atoms with van der Waals surface area (Å²) in [5.41, 5.74) is 0. The lowest BCUT2D eigenvalue weighted by Crippen LogP contribution is -2.30. The molecule has 1 aliphatic rings. The van der Waals surface area contributed by atoms with Crippen molar-refractivity contribution in [3.8, 4) is 11.5 Å². The summed E-state index contributed by atoms with van der Waals surface area (Å²) in [6.07, 6.45) is 3.99. The number of rotatable bonds is 4. The van der Waals surface area contributed by atoms with Crippen LogP contribution in [0.5, 0.6) is 11.5 Å². The number of benzene rings is 1. The minimum Gasteiger partial charge on any atom is -0.493 e. The number of methoxy groups -OCH3 is 2. The molecule has 1 unspecified atom stereocenters. The first-order valence-corrected chi connectivity index (χ1v) is 7.17. The molecule has 1 aromatic heterocycles. The summed E-state index contributed by atoms with van der Waals surface area (Å²) in [6.45, 7) is 1.58. The second kappa shape index (κ2) is 6.18. The molecule has 0 bridgehead atoms. The molecule has 5 nitrogen and oxygen atoms in total. The molecular weight excluding hydrogens is 268 g/mol. The van der Waals surface area contributed by atoms with Crippen LogP contribution < -0.4 is 14.8 Å². The summed E-state index contributed by atoms with van der Waals surface area (Å²) >= 11 is 0. The van der Waals surface area contributed by atoms with Gasteiger partial charge in [-0.15, -0.1) is 0 Å². The third-order valence-corrected chi connectivity index (χ3v) is 3.77. The maximum Gasteiger partial charge on any atom is 0.161 e. The lowest BCUT2D eigenvalue weighted by Gasteiger charge is -2.24. The van der Waals surface area contributed by atoms with E-state index in [4.69, 9.17) is 14.2 Å². The van der Waals surface area contributed by atoms with Gasteiger partial charge in [-0.2, -0.15) is 0 Å². The summed E-state index contributed by atoms with van der Waals surface area (Å²) in [7, 11) is 3.28. The molecule has 1 aromatic carbocycles. The minimum absolute atomic E-state index is 0.310. The molecule has 0 spiro atoms. The smallest absolute Gasteiger partial charge is 0.161 e. The van der Waals surface area contributed by atoms with E-state index in [9.17, 15) is 0 Å². The van der Waals surface area contributed by atoms with E-state index in [0.717, 1.165) is 48.4 Å². The van der Waals surface area contributed by atoms with E-state index in [1.165, 1.54) is 0 Å². The van der Waals surface area contributed by atoms with Gasteiger partial charge in [0.2, 0.25) is 0 Å². The summed E-state index contributed by atoms with van der Waals surface area (Å²) < 4.78 is 16.2. The Morgan fingerprint density at radius 2 is 2.05 bits per heavy atom. The zero-order valence-corrected chi connectivity index (χ0v) is 12.4. The van der Waals surface area contributed by atoms with Crippen LogP contribution in [0.2, 0.25) is 0 Å². The fraction of sp³-hybridized carbons (Fsp3) is 0.438. The van der Waals surface area contributed by atoms with Crippen LogP contribution in [-0.2, 0) is 4.74 Å². The third-order valence-electron chi connectivity index (χ3n) is 3.77. The predicted octanol–water partition coefficient (Wildman–Crippen LogP) is 2.84. The van der Waals surface area contributed by atoms with E-state index in [-0.39, 0.29) is 0 Å². The minimum atomic E-state index is 0.310. The summed E-state index contributed by atoms with van der Waals surface area (Å²) in [5.74, 6) is 2.30. The number of fused-ring (bicyclic) bond motifs is 1. The highest BCUT2D eigenvalue weighted by Gasteiger charge is 2.16. The molecule has 112 valence electrons. The number of hydrogen-bond donors (Lipinski definition) is 1. The predicted molar refractivity (Wildman–Crippen MR) is 82.3 cm³/mol. The maximum atomic E-state index is 5.51. The van der Waals surface area contributed by atoms with Gasteiger partial charge in [0.05, 0.1) is 26.9 Å². The van der Waals surface area contributed by atoms with Gasteiger partial charge in [-0.3, -0.25) is 0 Å². The van der Waals surface area contributed by atoms with E-state index in [2.05, 4.69) is 10.3 Å². The molecule has 21 heavy (non-hydrogen) atoms. The zero-order chi connectivity index (χ0) is 14.7. The molecule has 0 amide bonds. The first kappa shape index (κ1) is 13.9. The number of nitrogens with zero attached hydrogens (tertiary/aromatic N) is 1. The highest BCUT2D eigenvalue weighted by Crippen LogP contribution is 2.34. The quantitative estimate of drug-likeness (QED) is 0.937. The first-order chi connectivity index (χ1) is 10.3. The Hall–Kier alpha value is -2.01. The Kier molecular flexibility index (Phi) is 4.10. The van der Waals surface area contributed by atoms with Crippen molar-refractivity contribution in [2.24, 2.45) is 0 Å². The van der Waals surface area contributed by atoms with Crippen LogP contribution in [0.1, 0.15) is 12.8 Å². The van der Waals surface area contributed by atoms with Crippen molar-refractivity contribution in [2.75, 3.05) is 32.8 Å². The number of nitrogens with one attached hydrogen (secondary N) is 1. The second-order valence-corrected chi connectivity index (χ2v) is 5.15. The summed E-state index contributed by atoms with van der Waals surface area (Å²) in [4.78, 5) is 4.47. The SMILES string of the molecule is COc1cc2ccnc(NC3CCCOC3)c2cc1OC. The third kappa shape index (κ3) is 2.88. The van der Waals surface area contributed by atoms with Gasteiger partial charge in [0, 0.05) is 18.2 Å². The van der Waals surface area contributed by atoms with E-state index in [1.807, 2.05) is 18.2 Å². The van der Waals surface area contributed by atoms with Crippen molar-refractivity contribution >= 4 is 16.6 Å². The van der Waals surface area contributed by atoms with Crippen molar-refractivity contribution in [1.82, 2.24) is 4.98 Å². The van der Waals surface area contributed by atoms with Crippen molar-refractivity contribution < 1.29 is 14.2 Å². The average molecular weight is 288 g/mol.